The third-order valence-electron chi connectivity index (χ3n) is 3.91. The van der Waals surface area contributed by atoms with Gasteiger partial charge in [0.15, 0.2) is 11.6 Å². The van der Waals surface area contributed by atoms with Crippen LogP contribution in [0.4, 0.5) is 4.39 Å². The molecular formula is C18H9Cl2FN4O4. The minimum atomic E-state index is -1.19. The van der Waals surface area contributed by atoms with Gasteiger partial charge in [0.2, 0.25) is 5.95 Å². The SMILES string of the molecule is O=C(O)c1cnn(-c2nc3cc(F)c(Oc4cc(Cl)ccc4Cl)cc3c(=O)[nH]2)c1. The average molecular weight is 435 g/mol. The van der Waals surface area contributed by atoms with Gasteiger partial charge < -0.3 is 9.84 Å². The van der Waals surface area contributed by atoms with Crippen LogP contribution in [0.25, 0.3) is 16.9 Å². The van der Waals surface area contributed by atoms with Gasteiger partial charge >= 0.3 is 5.97 Å². The van der Waals surface area contributed by atoms with Crippen molar-refractivity contribution >= 4 is 40.1 Å². The molecule has 146 valence electrons. The Kier molecular flexibility index (Phi) is 4.69. The number of ether oxygens (including phenoxy) is 1. The lowest BCUT2D eigenvalue weighted by Gasteiger charge is -2.10. The zero-order chi connectivity index (χ0) is 20.7. The van der Waals surface area contributed by atoms with Gasteiger partial charge in [-0.1, -0.05) is 23.2 Å². The summed E-state index contributed by atoms with van der Waals surface area (Å²) < 4.78 is 21.1. The summed E-state index contributed by atoms with van der Waals surface area (Å²) in [6, 6.07) is 6.66. The molecule has 0 radical (unpaired) electrons. The van der Waals surface area contributed by atoms with Crippen LogP contribution in [0.3, 0.4) is 0 Å². The highest BCUT2D eigenvalue weighted by atomic mass is 35.5. The molecule has 11 heteroatoms. The number of carboxylic acid groups (broad SMARTS) is 1. The summed E-state index contributed by atoms with van der Waals surface area (Å²) in [7, 11) is 0. The average Bonchev–Trinajstić information content (AvgIpc) is 3.16. The lowest BCUT2D eigenvalue weighted by atomic mass is 10.2. The van der Waals surface area contributed by atoms with E-state index in [0.717, 1.165) is 16.9 Å². The Morgan fingerprint density at radius 1 is 1.21 bits per heavy atom. The third-order valence-corrected chi connectivity index (χ3v) is 4.45. The second-order valence-corrected chi connectivity index (χ2v) is 6.69. The standard InChI is InChI=1S/C18H9Cl2FN4O4/c19-9-1-2-11(20)14(3-9)29-15-4-10-13(5-12(15)21)23-18(24-16(10)26)25-7-8(6-22-25)17(27)28/h1-7H,(H,27,28)(H,23,24,26). The molecular weight excluding hydrogens is 426 g/mol. The Labute approximate surface area is 171 Å². The number of nitrogens with zero attached hydrogens (tertiary/aromatic N) is 3. The van der Waals surface area contributed by atoms with Crippen molar-refractivity contribution in [2.75, 3.05) is 0 Å². The van der Waals surface area contributed by atoms with Crippen LogP contribution in [0.15, 0.2) is 47.5 Å². The number of aromatic carboxylic acids is 1. The van der Waals surface area contributed by atoms with E-state index >= 15 is 0 Å². The van der Waals surface area contributed by atoms with Gasteiger partial charge in [-0.3, -0.25) is 9.78 Å². The molecule has 2 heterocycles. The molecule has 0 bridgehead atoms. The lowest BCUT2D eigenvalue weighted by Crippen LogP contribution is -2.14. The lowest BCUT2D eigenvalue weighted by molar-refractivity contribution is 0.0697. The smallest absolute Gasteiger partial charge is 0.338 e. The largest absolute Gasteiger partial charge is 0.478 e. The first-order valence-corrected chi connectivity index (χ1v) is 8.72. The maximum Gasteiger partial charge on any atom is 0.338 e. The molecule has 4 rings (SSSR count). The minimum absolute atomic E-state index is 0.0261. The van der Waals surface area contributed by atoms with E-state index < -0.39 is 17.3 Å². The highest BCUT2D eigenvalue weighted by Crippen LogP contribution is 2.34. The maximum atomic E-state index is 14.6. The van der Waals surface area contributed by atoms with Crippen LogP contribution in [0.2, 0.25) is 10.0 Å². The Balaban J connectivity index is 1.78. The molecule has 0 aliphatic rings. The van der Waals surface area contributed by atoms with Crippen molar-refractivity contribution in [2.24, 2.45) is 0 Å². The summed E-state index contributed by atoms with van der Waals surface area (Å²) in [5.74, 6) is -2.16. The first-order chi connectivity index (χ1) is 13.8. The van der Waals surface area contributed by atoms with E-state index in [4.69, 9.17) is 33.0 Å². The second kappa shape index (κ2) is 7.19. The number of nitrogens with one attached hydrogen (secondary N) is 1. The van der Waals surface area contributed by atoms with Gasteiger partial charge in [0.05, 0.1) is 27.7 Å². The van der Waals surface area contributed by atoms with Crippen LogP contribution in [0, 0.1) is 5.82 Å². The number of aromatic nitrogens is 4. The van der Waals surface area contributed by atoms with Crippen molar-refractivity contribution < 1.29 is 19.0 Å². The van der Waals surface area contributed by atoms with Crippen molar-refractivity contribution in [2.45, 2.75) is 0 Å². The van der Waals surface area contributed by atoms with E-state index in [1.165, 1.54) is 24.4 Å². The highest BCUT2D eigenvalue weighted by Gasteiger charge is 2.15. The van der Waals surface area contributed by atoms with Gasteiger partial charge in [-0.05, 0) is 18.2 Å². The summed E-state index contributed by atoms with van der Waals surface area (Å²) in [6.45, 7) is 0. The number of carboxylic acids is 1. The van der Waals surface area contributed by atoms with Gasteiger partial charge in [-0.25, -0.2) is 18.9 Å². The van der Waals surface area contributed by atoms with E-state index in [0.29, 0.717) is 5.02 Å². The molecule has 0 fully saturated rings. The quantitative estimate of drug-likeness (QED) is 0.501. The highest BCUT2D eigenvalue weighted by molar-refractivity contribution is 6.34. The second-order valence-electron chi connectivity index (χ2n) is 5.84. The number of hydrogen-bond donors (Lipinski definition) is 2. The Hall–Kier alpha value is -3.43. The van der Waals surface area contributed by atoms with E-state index in [1.54, 1.807) is 6.07 Å². The molecule has 0 saturated carbocycles. The number of rotatable bonds is 4. The Morgan fingerprint density at radius 3 is 2.72 bits per heavy atom. The number of aromatic amines is 1. The number of fused-ring (bicyclic) bond motifs is 1. The van der Waals surface area contributed by atoms with E-state index in [1.807, 2.05) is 0 Å². The third kappa shape index (κ3) is 3.65. The van der Waals surface area contributed by atoms with E-state index in [9.17, 15) is 14.0 Å². The van der Waals surface area contributed by atoms with Crippen LogP contribution >= 0.6 is 23.2 Å². The van der Waals surface area contributed by atoms with Crippen LogP contribution in [-0.2, 0) is 0 Å². The van der Waals surface area contributed by atoms with E-state index in [-0.39, 0.29) is 38.9 Å². The zero-order valence-electron chi connectivity index (χ0n) is 14.2. The number of hydrogen-bond acceptors (Lipinski definition) is 5. The molecule has 2 N–H and O–H groups in total. The van der Waals surface area contributed by atoms with Gasteiger partial charge in [0.25, 0.3) is 5.56 Å². The first-order valence-electron chi connectivity index (χ1n) is 7.96. The molecule has 0 saturated heterocycles. The van der Waals surface area contributed by atoms with Crippen LogP contribution < -0.4 is 10.3 Å². The predicted octanol–water partition coefficient (Wildman–Crippen LogP) is 4.05. The van der Waals surface area contributed by atoms with Gasteiger partial charge in [0, 0.05) is 23.4 Å². The van der Waals surface area contributed by atoms with Crippen molar-refractivity contribution in [3.63, 3.8) is 0 Å². The summed E-state index contributed by atoms with van der Waals surface area (Å²) in [6.07, 6.45) is 2.26. The molecule has 0 unspecified atom stereocenters. The molecule has 0 aliphatic carbocycles. The van der Waals surface area contributed by atoms with Crippen LogP contribution in [0.1, 0.15) is 10.4 Å². The number of benzene rings is 2. The fourth-order valence-electron chi connectivity index (χ4n) is 2.54. The fourth-order valence-corrected chi connectivity index (χ4v) is 2.86. The minimum Gasteiger partial charge on any atom is -0.478 e. The maximum absolute atomic E-state index is 14.6. The van der Waals surface area contributed by atoms with Crippen molar-refractivity contribution in [3.8, 4) is 17.4 Å². The topological polar surface area (TPSA) is 110 Å². The van der Waals surface area contributed by atoms with Crippen molar-refractivity contribution in [1.82, 2.24) is 19.7 Å². The van der Waals surface area contributed by atoms with Gasteiger partial charge in [-0.15, -0.1) is 0 Å². The monoisotopic (exact) mass is 434 g/mol. The molecule has 8 nitrogen and oxygen atoms in total. The molecule has 0 amide bonds. The van der Waals surface area contributed by atoms with Gasteiger partial charge in [0.1, 0.15) is 5.75 Å². The normalized spacial score (nSPS) is 11.0. The molecule has 0 atom stereocenters. The predicted molar refractivity (Wildman–Crippen MR) is 103 cm³/mol. The van der Waals surface area contributed by atoms with Crippen LogP contribution in [-0.4, -0.2) is 30.8 Å². The Bertz CT molecular complexity index is 1340. The molecule has 2 aromatic carbocycles. The van der Waals surface area contributed by atoms with Crippen molar-refractivity contribution in [1.29, 1.82) is 0 Å². The van der Waals surface area contributed by atoms with E-state index in [2.05, 4.69) is 15.1 Å². The summed E-state index contributed by atoms with van der Waals surface area (Å²) in [4.78, 5) is 30.0. The summed E-state index contributed by atoms with van der Waals surface area (Å²) >= 11 is 11.9. The van der Waals surface area contributed by atoms with Gasteiger partial charge in [-0.2, -0.15) is 5.10 Å². The zero-order valence-corrected chi connectivity index (χ0v) is 15.7. The molecule has 29 heavy (non-hydrogen) atoms. The number of halogens is 3. The number of carbonyl (C=O) groups is 1. The molecule has 2 aromatic heterocycles. The molecule has 0 spiro atoms. The van der Waals surface area contributed by atoms with Crippen molar-refractivity contribution in [3.05, 3.63) is 74.5 Å². The summed E-state index contributed by atoms with van der Waals surface area (Å²) in [5.41, 5.74) is -0.668. The first kappa shape index (κ1) is 18.9. The molecule has 4 aromatic rings. The molecule has 0 aliphatic heterocycles. The fraction of sp³-hybridized carbons (Fsp3) is 0. The number of H-pyrrole nitrogens is 1. The summed E-state index contributed by atoms with van der Waals surface area (Å²) in [5, 5.41) is 13.4. The van der Waals surface area contributed by atoms with Crippen LogP contribution in [0.5, 0.6) is 11.5 Å². The Morgan fingerprint density at radius 2 is 2.00 bits per heavy atom.